The number of amides is 2. The molecule has 1 atom stereocenters. The molecule has 0 spiro atoms. The predicted octanol–water partition coefficient (Wildman–Crippen LogP) is 4.12. The van der Waals surface area contributed by atoms with Crippen LogP contribution in [0.5, 0.6) is 0 Å². The second kappa shape index (κ2) is 7.52. The Morgan fingerprint density at radius 2 is 1.89 bits per heavy atom. The maximum absolute atomic E-state index is 13.3. The Kier molecular flexibility index (Phi) is 4.19. The summed E-state index contributed by atoms with van der Waals surface area (Å²) in [4.78, 5) is 30.5. The van der Waals surface area contributed by atoms with Gasteiger partial charge in [-0.2, -0.15) is 0 Å². The predicted molar refractivity (Wildman–Crippen MR) is 133 cm³/mol. The summed E-state index contributed by atoms with van der Waals surface area (Å²) in [5.41, 5.74) is 6.10. The van der Waals surface area contributed by atoms with Crippen molar-refractivity contribution in [2.45, 2.75) is 12.7 Å². The van der Waals surface area contributed by atoms with Crippen molar-refractivity contribution >= 4 is 50.5 Å². The van der Waals surface area contributed by atoms with Gasteiger partial charge < -0.3 is 9.97 Å². The number of amidine groups is 1. The Morgan fingerprint density at radius 1 is 0.943 bits per heavy atom. The van der Waals surface area contributed by atoms with Gasteiger partial charge in [0, 0.05) is 17.4 Å². The Balaban J connectivity index is 1.34. The van der Waals surface area contributed by atoms with Crippen molar-refractivity contribution < 1.29 is 4.79 Å². The first-order valence-corrected chi connectivity index (χ1v) is 11.2. The van der Waals surface area contributed by atoms with Gasteiger partial charge in [-0.1, -0.05) is 23.4 Å². The normalized spacial score (nSPS) is 17.3. The number of nitrogens with one attached hydrogen (secondary N) is 3. The van der Waals surface area contributed by atoms with Gasteiger partial charge in [0.15, 0.2) is 0 Å². The zero-order valence-corrected chi connectivity index (χ0v) is 18.4. The number of aliphatic imine (C=N–C) groups is 1. The van der Waals surface area contributed by atoms with Crippen LogP contribution in [-0.4, -0.2) is 41.8 Å². The fourth-order valence-corrected chi connectivity index (χ4v) is 4.66. The third-order valence-corrected chi connectivity index (χ3v) is 6.34. The smallest absolute Gasteiger partial charge is 0.328 e. The Hall–Kier alpha value is -4.99. The van der Waals surface area contributed by atoms with E-state index in [0.717, 1.165) is 44.2 Å². The molecule has 3 aromatic carbocycles. The summed E-state index contributed by atoms with van der Waals surface area (Å²) in [5, 5.41) is 12.5. The van der Waals surface area contributed by atoms with Crippen LogP contribution >= 0.6 is 0 Å². The summed E-state index contributed by atoms with van der Waals surface area (Å²) in [7, 11) is 0. The highest BCUT2D eigenvalue weighted by Crippen LogP contribution is 2.34. The van der Waals surface area contributed by atoms with Crippen LogP contribution in [-0.2, 0) is 6.67 Å². The molecule has 10 nitrogen and oxygen atoms in total. The van der Waals surface area contributed by atoms with Crippen LogP contribution in [0.25, 0.3) is 33.0 Å². The van der Waals surface area contributed by atoms with Crippen molar-refractivity contribution in [1.82, 2.24) is 35.3 Å². The summed E-state index contributed by atoms with van der Waals surface area (Å²) < 4.78 is 1.72. The van der Waals surface area contributed by atoms with E-state index in [1.807, 2.05) is 66.9 Å². The summed E-state index contributed by atoms with van der Waals surface area (Å²) >= 11 is 0. The van der Waals surface area contributed by atoms with E-state index in [-0.39, 0.29) is 12.7 Å². The molecule has 0 aliphatic carbocycles. The minimum Gasteiger partial charge on any atom is -0.361 e. The Labute approximate surface area is 198 Å². The molecule has 7 rings (SSSR count). The molecule has 35 heavy (non-hydrogen) atoms. The number of carbonyl (C=O) groups is 1. The molecule has 1 unspecified atom stereocenters. The molecule has 6 aromatic rings. The third kappa shape index (κ3) is 3.15. The number of nitrogens with zero attached hydrogens (tertiary/aromatic N) is 6. The van der Waals surface area contributed by atoms with Crippen molar-refractivity contribution in [1.29, 1.82) is 0 Å². The summed E-state index contributed by atoms with van der Waals surface area (Å²) in [6, 6.07) is 20.9. The quantitative estimate of drug-likeness (QED) is 0.366. The van der Waals surface area contributed by atoms with Crippen LogP contribution in [0, 0.1) is 0 Å². The van der Waals surface area contributed by atoms with Gasteiger partial charge in [-0.15, -0.1) is 5.10 Å². The molecule has 0 saturated carbocycles. The summed E-state index contributed by atoms with van der Waals surface area (Å²) in [6.07, 6.45) is 3.55. The highest BCUT2D eigenvalue weighted by Gasteiger charge is 2.39. The van der Waals surface area contributed by atoms with Gasteiger partial charge in [-0.25, -0.2) is 19.5 Å². The van der Waals surface area contributed by atoms with E-state index in [1.54, 1.807) is 15.9 Å². The van der Waals surface area contributed by atoms with E-state index in [1.165, 1.54) is 0 Å². The molecule has 170 valence electrons. The maximum atomic E-state index is 13.3. The van der Waals surface area contributed by atoms with Crippen LogP contribution in [0.1, 0.15) is 11.6 Å². The fraction of sp³-hybridized carbons (Fsp3) is 0.0800. The standard InChI is InChI=1S/C25H19N9O/c35-25-30-24(29-14-33-22-4-2-1-3-20(22)31-32-33)23(16-5-7-18-15(11-16)9-10-26-18)34(25)17-6-8-19-21(12-17)28-13-27-19/h1-13,23,26H,14H2,(H,27,28)(H,29,30,35). The molecule has 0 bridgehead atoms. The van der Waals surface area contributed by atoms with Gasteiger partial charge >= 0.3 is 6.03 Å². The van der Waals surface area contributed by atoms with Crippen molar-refractivity contribution in [3.05, 3.63) is 84.8 Å². The van der Waals surface area contributed by atoms with Gasteiger partial charge in [0.1, 0.15) is 24.1 Å². The van der Waals surface area contributed by atoms with Crippen LogP contribution < -0.4 is 10.2 Å². The average Bonchev–Trinajstić information content (AvgIpc) is 3.67. The van der Waals surface area contributed by atoms with Crippen LogP contribution in [0.2, 0.25) is 0 Å². The van der Waals surface area contributed by atoms with Gasteiger partial charge in [0.05, 0.1) is 22.9 Å². The number of fused-ring (bicyclic) bond motifs is 3. The second-order valence-electron chi connectivity index (χ2n) is 8.39. The lowest BCUT2D eigenvalue weighted by Gasteiger charge is -2.23. The number of urea groups is 1. The fourth-order valence-electron chi connectivity index (χ4n) is 4.66. The van der Waals surface area contributed by atoms with Crippen LogP contribution in [0.3, 0.4) is 0 Å². The van der Waals surface area contributed by atoms with Crippen molar-refractivity contribution in [2.24, 2.45) is 4.99 Å². The number of benzene rings is 3. The molecule has 3 aromatic heterocycles. The molecule has 1 aliphatic rings. The minimum absolute atomic E-state index is 0.229. The number of anilines is 1. The van der Waals surface area contributed by atoms with E-state index in [9.17, 15) is 4.79 Å². The number of imidazole rings is 1. The highest BCUT2D eigenvalue weighted by atomic mass is 16.2. The number of hydrogen-bond donors (Lipinski definition) is 3. The minimum atomic E-state index is -0.433. The SMILES string of the molecule is O=C1NC(=NCn2nnc3ccccc32)C(c2ccc3[nH]ccc3c2)N1c1ccc2nc[nH]c2c1. The van der Waals surface area contributed by atoms with Crippen molar-refractivity contribution in [3.8, 4) is 0 Å². The van der Waals surface area contributed by atoms with Gasteiger partial charge in [0.25, 0.3) is 0 Å². The molecule has 2 amide bonds. The Bertz CT molecular complexity index is 1760. The lowest BCUT2D eigenvalue weighted by Crippen LogP contribution is -2.29. The highest BCUT2D eigenvalue weighted by molar-refractivity contribution is 6.17. The lowest BCUT2D eigenvalue weighted by atomic mass is 10.0. The summed E-state index contributed by atoms with van der Waals surface area (Å²) in [6.45, 7) is 0.229. The number of para-hydroxylation sites is 1. The largest absolute Gasteiger partial charge is 0.361 e. The number of H-pyrrole nitrogens is 2. The van der Waals surface area contributed by atoms with E-state index < -0.39 is 6.04 Å². The van der Waals surface area contributed by atoms with E-state index in [2.05, 4.69) is 36.6 Å². The van der Waals surface area contributed by atoms with Crippen molar-refractivity contribution in [3.63, 3.8) is 0 Å². The molecule has 1 aliphatic heterocycles. The van der Waals surface area contributed by atoms with Gasteiger partial charge in [-0.05, 0) is 59.5 Å². The van der Waals surface area contributed by atoms with Gasteiger partial charge in [0.2, 0.25) is 0 Å². The Morgan fingerprint density at radius 3 is 2.86 bits per heavy atom. The second-order valence-corrected chi connectivity index (χ2v) is 8.39. The first-order valence-electron chi connectivity index (χ1n) is 11.2. The topological polar surface area (TPSA) is 120 Å². The molecule has 1 fully saturated rings. The van der Waals surface area contributed by atoms with E-state index in [4.69, 9.17) is 4.99 Å². The number of rotatable bonds is 4. The molecule has 1 saturated heterocycles. The number of hydrogen-bond acceptors (Lipinski definition) is 5. The third-order valence-electron chi connectivity index (χ3n) is 6.34. The van der Waals surface area contributed by atoms with Crippen LogP contribution in [0.15, 0.2) is 84.2 Å². The average molecular weight is 461 g/mol. The van der Waals surface area contributed by atoms with E-state index in [0.29, 0.717) is 5.84 Å². The summed E-state index contributed by atoms with van der Waals surface area (Å²) in [5.74, 6) is 0.550. The molecule has 4 heterocycles. The number of aromatic nitrogens is 6. The number of aromatic amines is 2. The number of carbonyl (C=O) groups excluding carboxylic acids is 1. The lowest BCUT2D eigenvalue weighted by molar-refractivity contribution is 0.252. The first-order chi connectivity index (χ1) is 17.2. The molecular formula is C25H19N9O. The molecule has 10 heteroatoms. The van der Waals surface area contributed by atoms with Crippen molar-refractivity contribution in [2.75, 3.05) is 4.90 Å². The zero-order valence-electron chi connectivity index (χ0n) is 18.4. The monoisotopic (exact) mass is 461 g/mol. The first kappa shape index (κ1) is 19.5. The van der Waals surface area contributed by atoms with Crippen LogP contribution in [0.4, 0.5) is 10.5 Å². The van der Waals surface area contributed by atoms with Gasteiger partial charge in [-0.3, -0.25) is 10.2 Å². The molecular weight excluding hydrogens is 442 g/mol. The zero-order chi connectivity index (χ0) is 23.4. The maximum Gasteiger partial charge on any atom is 0.328 e. The molecule has 0 radical (unpaired) electrons. The molecule has 3 N–H and O–H groups in total. The van der Waals surface area contributed by atoms with E-state index >= 15 is 0 Å².